The number of aromatic amines is 1. The number of carbonyl (C=O) groups excluding carboxylic acids is 1. The van der Waals surface area contributed by atoms with Gasteiger partial charge in [0.05, 0.1) is 22.1 Å². The quantitative estimate of drug-likeness (QED) is 0.891. The van der Waals surface area contributed by atoms with Crippen LogP contribution in [-0.2, 0) is 36.9 Å². The Hall–Kier alpha value is -1.76. The summed E-state index contributed by atoms with van der Waals surface area (Å²) in [5, 5.41) is 15.1. The molecule has 0 aromatic carbocycles. The molecule has 7 heteroatoms. The SMILES string of the molecule is O=C(NCCc1nc2c(s1)CCCC2)C1CCc2n[nH]nc2C1. The molecular formula is C16H21N5OS. The van der Waals surface area contributed by atoms with E-state index in [-0.39, 0.29) is 11.8 Å². The predicted molar refractivity (Wildman–Crippen MR) is 87.4 cm³/mol. The van der Waals surface area contributed by atoms with E-state index in [4.69, 9.17) is 4.98 Å². The van der Waals surface area contributed by atoms with Crippen molar-refractivity contribution in [2.24, 2.45) is 5.92 Å². The highest BCUT2D eigenvalue weighted by molar-refractivity contribution is 7.11. The molecule has 0 saturated heterocycles. The average molecular weight is 331 g/mol. The first kappa shape index (κ1) is 14.8. The Morgan fingerprint density at radius 3 is 2.96 bits per heavy atom. The molecule has 2 N–H and O–H groups in total. The number of carbonyl (C=O) groups is 1. The normalized spacial score (nSPS) is 19.9. The van der Waals surface area contributed by atoms with Crippen molar-refractivity contribution in [3.05, 3.63) is 27.0 Å². The van der Waals surface area contributed by atoms with Gasteiger partial charge in [-0.1, -0.05) is 0 Å². The van der Waals surface area contributed by atoms with Crippen LogP contribution in [0.1, 0.15) is 46.2 Å². The molecule has 1 unspecified atom stereocenters. The highest BCUT2D eigenvalue weighted by atomic mass is 32.1. The third kappa shape index (κ3) is 3.15. The maximum Gasteiger partial charge on any atom is 0.223 e. The second-order valence-corrected chi connectivity index (χ2v) is 7.55. The van der Waals surface area contributed by atoms with Crippen molar-refractivity contribution < 1.29 is 4.79 Å². The lowest BCUT2D eigenvalue weighted by atomic mass is 9.89. The zero-order valence-corrected chi connectivity index (χ0v) is 13.9. The van der Waals surface area contributed by atoms with Crippen LogP contribution in [0.4, 0.5) is 0 Å². The summed E-state index contributed by atoms with van der Waals surface area (Å²) in [5.74, 6) is 0.164. The van der Waals surface area contributed by atoms with Crippen LogP contribution in [0.25, 0.3) is 0 Å². The Kier molecular flexibility index (Phi) is 4.11. The Balaban J connectivity index is 1.28. The number of aryl methyl sites for hydroxylation is 3. The van der Waals surface area contributed by atoms with E-state index in [9.17, 15) is 4.79 Å². The molecule has 2 heterocycles. The van der Waals surface area contributed by atoms with Gasteiger partial charge in [0.15, 0.2) is 0 Å². The summed E-state index contributed by atoms with van der Waals surface area (Å²) in [6.07, 6.45) is 8.09. The molecule has 2 aliphatic carbocycles. The maximum absolute atomic E-state index is 12.3. The summed E-state index contributed by atoms with van der Waals surface area (Å²) in [7, 11) is 0. The van der Waals surface area contributed by atoms with Gasteiger partial charge in [-0.3, -0.25) is 4.79 Å². The summed E-state index contributed by atoms with van der Waals surface area (Å²) in [5.41, 5.74) is 3.26. The lowest BCUT2D eigenvalue weighted by Crippen LogP contribution is -2.35. The van der Waals surface area contributed by atoms with Gasteiger partial charge in [0.2, 0.25) is 5.91 Å². The highest BCUT2D eigenvalue weighted by Crippen LogP contribution is 2.27. The zero-order chi connectivity index (χ0) is 15.6. The van der Waals surface area contributed by atoms with Crippen LogP contribution in [0.15, 0.2) is 0 Å². The van der Waals surface area contributed by atoms with Crippen molar-refractivity contribution in [3.8, 4) is 0 Å². The van der Waals surface area contributed by atoms with Crippen LogP contribution in [0.2, 0.25) is 0 Å². The van der Waals surface area contributed by atoms with Gasteiger partial charge in [-0.25, -0.2) is 4.98 Å². The summed E-state index contributed by atoms with van der Waals surface area (Å²) in [6, 6.07) is 0. The van der Waals surface area contributed by atoms with Gasteiger partial charge >= 0.3 is 0 Å². The summed E-state index contributed by atoms with van der Waals surface area (Å²) >= 11 is 1.83. The lowest BCUT2D eigenvalue weighted by molar-refractivity contribution is -0.125. The van der Waals surface area contributed by atoms with E-state index < -0.39 is 0 Å². The first-order valence-electron chi connectivity index (χ1n) is 8.43. The monoisotopic (exact) mass is 331 g/mol. The second-order valence-electron chi connectivity index (χ2n) is 6.38. The van der Waals surface area contributed by atoms with Gasteiger partial charge < -0.3 is 5.32 Å². The fourth-order valence-corrected chi connectivity index (χ4v) is 4.61. The van der Waals surface area contributed by atoms with E-state index in [2.05, 4.69) is 20.7 Å². The molecule has 0 spiro atoms. The number of fused-ring (bicyclic) bond motifs is 2. The van der Waals surface area contributed by atoms with Crippen molar-refractivity contribution in [2.75, 3.05) is 6.54 Å². The predicted octanol–water partition coefficient (Wildman–Crippen LogP) is 1.60. The van der Waals surface area contributed by atoms with Crippen molar-refractivity contribution >= 4 is 17.2 Å². The first-order valence-corrected chi connectivity index (χ1v) is 9.25. The molecule has 4 rings (SSSR count). The van der Waals surface area contributed by atoms with Gasteiger partial charge in [-0.15, -0.1) is 11.3 Å². The minimum absolute atomic E-state index is 0.0251. The third-order valence-corrected chi connectivity index (χ3v) is 5.99. The van der Waals surface area contributed by atoms with Gasteiger partial charge in [-0.05, 0) is 38.5 Å². The standard InChI is InChI=1S/C16H21N5OS/c22-16(10-5-6-11-13(9-10)20-21-19-11)17-8-7-15-18-12-3-1-2-4-14(12)23-15/h10H,1-9H2,(H,17,22)(H,19,20,21). The number of hydrogen-bond donors (Lipinski definition) is 2. The minimum atomic E-state index is 0.0251. The van der Waals surface area contributed by atoms with Crippen LogP contribution >= 0.6 is 11.3 Å². The van der Waals surface area contributed by atoms with Crippen LogP contribution in [0.5, 0.6) is 0 Å². The molecule has 0 saturated carbocycles. The molecule has 6 nitrogen and oxygen atoms in total. The number of nitrogens with one attached hydrogen (secondary N) is 2. The second kappa shape index (κ2) is 6.39. The number of aromatic nitrogens is 4. The number of H-pyrrole nitrogens is 1. The van der Waals surface area contributed by atoms with Crippen molar-refractivity contribution in [3.63, 3.8) is 0 Å². The van der Waals surface area contributed by atoms with Crippen LogP contribution in [0, 0.1) is 5.92 Å². The highest BCUT2D eigenvalue weighted by Gasteiger charge is 2.27. The summed E-state index contributed by atoms with van der Waals surface area (Å²) in [6.45, 7) is 0.674. The molecule has 23 heavy (non-hydrogen) atoms. The summed E-state index contributed by atoms with van der Waals surface area (Å²) < 4.78 is 0. The molecule has 2 aromatic heterocycles. The lowest BCUT2D eigenvalue weighted by Gasteiger charge is -2.19. The van der Waals surface area contributed by atoms with E-state index in [0.29, 0.717) is 13.0 Å². The topological polar surface area (TPSA) is 83.6 Å². The first-order chi connectivity index (χ1) is 11.3. The summed E-state index contributed by atoms with van der Waals surface area (Å²) in [4.78, 5) is 18.5. The van der Waals surface area contributed by atoms with Gasteiger partial charge in [0, 0.05) is 30.2 Å². The van der Waals surface area contributed by atoms with Crippen molar-refractivity contribution in [2.45, 2.75) is 51.4 Å². The maximum atomic E-state index is 12.3. The molecule has 122 valence electrons. The van der Waals surface area contributed by atoms with E-state index in [1.165, 1.54) is 34.8 Å². The molecular weight excluding hydrogens is 310 g/mol. The minimum Gasteiger partial charge on any atom is -0.355 e. The van der Waals surface area contributed by atoms with E-state index >= 15 is 0 Å². The molecule has 0 fully saturated rings. The Morgan fingerprint density at radius 1 is 1.17 bits per heavy atom. The Bertz CT molecular complexity index is 684. The molecule has 0 radical (unpaired) electrons. The smallest absolute Gasteiger partial charge is 0.223 e. The molecule has 0 aliphatic heterocycles. The number of amides is 1. The van der Waals surface area contributed by atoms with Crippen molar-refractivity contribution in [1.29, 1.82) is 0 Å². The van der Waals surface area contributed by atoms with E-state index in [0.717, 1.165) is 37.1 Å². The van der Waals surface area contributed by atoms with Gasteiger partial charge in [-0.2, -0.15) is 15.4 Å². The Morgan fingerprint density at radius 2 is 2.04 bits per heavy atom. The van der Waals surface area contributed by atoms with E-state index in [1.54, 1.807) is 0 Å². The van der Waals surface area contributed by atoms with Gasteiger partial charge in [0.25, 0.3) is 0 Å². The molecule has 0 bridgehead atoms. The largest absolute Gasteiger partial charge is 0.355 e. The van der Waals surface area contributed by atoms with Crippen LogP contribution < -0.4 is 5.32 Å². The third-order valence-electron chi connectivity index (χ3n) is 4.77. The molecule has 2 aliphatic rings. The number of hydrogen-bond acceptors (Lipinski definition) is 5. The average Bonchev–Trinajstić information content (AvgIpc) is 3.19. The van der Waals surface area contributed by atoms with Gasteiger partial charge in [0.1, 0.15) is 0 Å². The van der Waals surface area contributed by atoms with E-state index in [1.807, 2.05) is 11.3 Å². The number of rotatable bonds is 4. The Labute approximate surface area is 139 Å². The molecule has 1 atom stereocenters. The molecule has 2 aromatic rings. The van der Waals surface area contributed by atoms with Crippen LogP contribution in [0.3, 0.4) is 0 Å². The fourth-order valence-electron chi connectivity index (χ4n) is 3.46. The number of nitrogens with zero attached hydrogens (tertiary/aromatic N) is 3. The van der Waals surface area contributed by atoms with Crippen molar-refractivity contribution in [1.82, 2.24) is 25.7 Å². The molecule has 1 amide bonds. The zero-order valence-electron chi connectivity index (χ0n) is 13.1. The number of thiazole rings is 1. The fraction of sp³-hybridized carbons (Fsp3) is 0.625. The van der Waals surface area contributed by atoms with Crippen LogP contribution in [-0.4, -0.2) is 32.8 Å².